The highest BCUT2D eigenvalue weighted by Crippen LogP contribution is 2.22. The third kappa shape index (κ3) is 3.03. The lowest BCUT2D eigenvalue weighted by Crippen LogP contribution is -2.14. The zero-order chi connectivity index (χ0) is 14.7. The monoisotopic (exact) mass is 275 g/mol. The van der Waals surface area contributed by atoms with Crippen molar-refractivity contribution in [2.24, 2.45) is 5.84 Å². The van der Waals surface area contributed by atoms with Crippen molar-refractivity contribution < 1.29 is 4.39 Å². The molecule has 0 aliphatic carbocycles. The smallest absolute Gasteiger partial charge is 0.239 e. The molecule has 2 rings (SSSR count). The molecule has 0 saturated carbocycles. The van der Waals surface area contributed by atoms with Crippen LogP contribution in [0.1, 0.15) is 29.7 Å². The van der Waals surface area contributed by atoms with Gasteiger partial charge in [-0.1, -0.05) is 12.1 Å². The fourth-order valence-electron chi connectivity index (χ4n) is 1.82. The second-order valence-corrected chi connectivity index (χ2v) is 4.74. The van der Waals surface area contributed by atoms with Gasteiger partial charge < -0.3 is 5.32 Å². The maximum Gasteiger partial charge on any atom is 0.239 e. The first-order chi connectivity index (χ1) is 9.51. The molecule has 0 radical (unpaired) electrons. The zero-order valence-electron chi connectivity index (χ0n) is 11.7. The number of benzene rings is 1. The molecule has 0 fully saturated rings. The fourth-order valence-corrected chi connectivity index (χ4v) is 1.82. The van der Waals surface area contributed by atoms with Gasteiger partial charge in [0, 0.05) is 11.8 Å². The summed E-state index contributed by atoms with van der Waals surface area (Å²) in [4.78, 5) is 8.26. The number of nitrogens with one attached hydrogen (secondary N) is 2. The fraction of sp³-hybridized carbons (Fsp3) is 0.286. The van der Waals surface area contributed by atoms with Gasteiger partial charge in [-0.3, -0.25) is 5.43 Å². The lowest BCUT2D eigenvalue weighted by molar-refractivity contribution is 0.614. The molecule has 2 aromatic rings. The molecule has 6 heteroatoms. The van der Waals surface area contributed by atoms with Crippen molar-refractivity contribution in [3.63, 3.8) is 0 Å². The number of hydrazine groups is 1. The quantitative estimate of drug-likeness (QED) is 0.591. The lowest BCUT2D eigenvalue weighted by Gasteiger charge is -2.17. The summed E-state index contributed by atoms with van der Waals surface area (Å²) in [5.74, 6) is 6.09. The van der Waals surface area contributed by atoms with Crippen LogP contribution in [0.25, 0.3) is 0 Å². The summed E-state index contributed by atoms with van der Waals surface area (Å²) in [7, 11) is 0. The SMILES string of the molecule is Cc1ccc(C(C)Nc2nc(NN)ncc2C)cc1F. The standard InChI is InChI=1S/C14H18FN5/c1-8-4-5-11(6-12(8)15)10(3)18-13-9(2)7-17-14(19-13)20-16/h4-7,10H,16H2,1-3H3,(H2,17,18,19,20). The first-order valence-electron chi connectivity index (χ1n) is 6.34. The number of nitrogens with zero attached hydrogens (tertiary/aromatic N) is 2. The molecule has 1 heterocycles. The maximum absolute atomic E-state index is 13.6. The van der Waals surface area contributed by atoms with Crippen LogP contribution in [-0.4, -0.2) is 9.97 Å². The van der Waals surface area contributed by atoms with Crippen LogP contribution in [0, 0.1) is 19.7 Å². The van der Waals surface area contributed by atoms with Crippen molar-refractivity contribution in [2.75, 3.05) is 10.7 Å². The second-order valence-electron chi connectivity index (χ2n) is 4.74. The molecule has 0 aliphatic heterocycles. The molecule has 1 atom stereocenters. The number of anilines is 2. The molecule has 0 amide bonds. The van der Waals surface area contributed by atoms with E-state index in [4.69, 9.17) is 5.84 Å². The van der Waals surface area contributed by atoms with E-state index < -0.39 is 0 Å². The second kappa shape index (κ2) is 5.83. The van der Waals surface area contributed by atoms with E-state index in [2.05, 4.69) is 20.7 Å². The number of halogens is 1. The van der Waals surface area contributed by atoms with Gasteiger partial charge >= 0.3 is 0 Å². The number of aryl methyl sites for hydroxylation is 2. The minimum absolute atomic E-state index is 0.0793. The van der Waals surface area contributed by atoms with Crippen molar-refractivity contribution in [2.45, 2.75) is 26.8 Å². The molecular weight excluding hydrogens is 257 g/mol. The van der Waals surface area contributed by atoms with Crippen molar-refractivity contribution >= 4 is 11.8 Å². The van der Waals surface area contributed by atoms with Gasteiger partial charge in [-0.2, -0.15) is 4.98 Å². The maximum atomic E-state index is 13.6. The van der Waals surface area contributed by atoms with Crippen molar-refractivity contribution in [3.05, 3.63) is 46.9 Å². The number of hydrogen-bond acceptors (Lipinski definition) is 5. The van der Waals surface area contributed by atoms with E-state index in [0.29, 0.717) is 17.3 Å². The number of hydrogen-bond donors (Lipinski definition) is 3. The Morgan fingerprint density at radius 3 is 2.65 bits per heavy atom. The first kappa shape index (κ1) is 14.2. The highest BCUT2D eigenvalue weighted by molar-refractivity contribution is 5.48. The highest BCUT2D eigenvalue weighted by atomic mass is 19.1. The van der Waals surface area contributed by atoms with Crippen molar-refractivity contribution in [3.8, 4) is 0 Å². The summed E-state index contributed by atoms with van der Waals surface area (Å²) >= 11 is 0. The van der Waals surface area contributed by atoms with E-state index in [0.717, 1.165) is 11.1 Å². The Labute approximate surface area is 117 Å². The summed E-state index contributed by atoms with van der Waals surface area (Å²) in [6.07, 6.45) is 1.67. The molecular formula is C14H18FN5. The third-order valence-corrected chi connectivity index (χ3v) is 3.15. The van der Waals surface area contributed by atoms with Crippen LogP contribution in [0.2, 0.25) is 0 Å². The number of rotatable bonds is 4. The molecule has 20 heavy (non-hydrogen) atoms. The van der Waals surface area contributed by atoms with Gasteiger partial charge in [0.1, 0.15) is 11.6 Å². The van der Waals surface area contributed by atoms with E-state index in [-0.39, 0.29) is 11.9 Å². The largest absolute Gasteiger partial charge is 0.363 e. The Morgan fingerprint density at radius 2 is 2.00 bits per heavy atom. The third-order valence-electron chi connectivity index (χ3n) is 3.15. The Balaban J connectivity index is 2.22. The van der Waals surface area contributed by atoms with E-state index >= 15 is 0 Å². The summed E-state index contributed by atoms with van der Waals surface area (Å²) < 4.78 is 13.6. The average Bonchev–Trinajstić information content (AvgIpc) is 2.44. The van der Waals surface area contributed by atoms with Crippen molar-refractivity contribution in [1.29, 1.82) is 0 Å². The molecule has 1 aromatic heterocycles. The topological polar surface area (TPSA) is 75.9 Å². The minimum Gasteiger partial charge on any atom is -0.363 e. The normalized spacial score (nSPS) is 12.1. The molecule has 1 aromatic carbocycles. The van der Waals surface area contributed by atoms with Gasteiger partial charge in [-0.25, -0.2) is 15.2 Å². The molecule has 106 valence electrons. The van der Waals surface area contributed by atoms with Crippen LogP contribution in [0.4, 0.5) is 16.2 Å². The van der Waals surface area contributed by atoms with Gasteiger partial charge in [0.25, 0.3) is 0 Å². The van der Waals surface area contributed by atoms with Gasteiger partial charge in [-0.05, 0) is 38.0 Å². The van der Waals surface area contributed by atoms with Crippen LogP contribution >= 0.6 is 0 Å². The van der Waals surface area contributed by atoms with Crippen LogP contribution in [0.15, 0.2) is 24.4 Å². The Morgan fingerprint density at radius 1 is 1.25 bits per heavy atom. The van der Waals surface area contributed by atoms with Crippen LogP contribution < -0.4 is 16.6 Å². The van der Waals surface area contributed by atoms with Crippen LogP contribution in [0.5, 0.6) is 0 Å². The number of nitrogen functional groups attached to an aromatic ring is 1. The number of aromatic nitrogens is 2. The summed E-state index contributed by atoms with van der Waals surface area (Å²) in [5, 5.41) is 3.23. The lowest BCUT2D eigenvalue weighted by atomic mass is 10.1. The molecule has 4 N–H and O–H groups in total. The average molecular weight is 275 g/mol. The summed E-state index contributed by atoms with van der Waals surface area (Å²) in [6, 6.07) is 5.12. The number of nitrogens with two attached hydrogens (primary N) is 1. The van der Waals surface area contributed by atoms with E-state index in [1.165, 1.54) is 6.07 Å². The summed E-state index contributed by atoms with van der Waals surface area (Å²) in [6.45, 7) is 5.58. The van der Waals surface area contributed by atoms with Crippen LogP contribution in [0.3, 0.4) is 0 Å². The molecule has 0 aliphatic rings. The summed E-state index contributed by atoms with van der Waals surface area (Å²) in [5.41, 5.74) is 4.78. The Bertz CT molecular complexity index is 615. The van der Waals surface area contributed by atoms with Gasteiger partial charge in [-0.15, -0.1) is 0 Å². The first-order valence-corrected chi connectivity index (χ1v) is 6.34. The van der Waals surface area contributed by atoms with Gasteiger partial charge in [0.15, 0.2) is 0 Å². The molecule has 0 bridgehead atoms. The van der Waals surface area contributed by atoms with Crippen LogP contribution in [-0.2, 0) is 0 Å². The minimum atomic E-state index is -0.208. The Hall–Kier alpha value is -2.21. The van der Waals surface area contributed by atoms with E-state index in [9.17, 15) is 4.39 Å². The van der Waals surface area contributed by atoms with Gasteiger partial charge in [0.2, 0.25) is 5.95 Å². The van der Waals surface area contributed by atoms with Crippen molar-refractivity contribution in [1.82, 2.24) is 9.97 Å². The van der Waals surface area contributed by atoms with E-state index in [1.54, 1.807) is 19.2 Å². The van der Waals surface area contributed by atoms with Gasteiger partial charge in [0.05, 0.1) is 6.04 Å². The zero-order valence-corrected chi connectivity index (χ0v) is 11.7. The predicted molar refractivity (Wildman–Crippen MR) is 77.8 cm³/mol. The Kier molecular flexibility index (Phi) is 4.14. The predicted octanol–water partition coefficient (Wildman–Crippen LogP) is 2.69. The molecule has 5 nitrogen and oxygen atoms in total. The highest BCUT2D eigenvalue weighted by Gasteiger charge is 2.10. The molecule has 0 spiro atoms. The molecule has 1 unspecified atom stereocenters. The van der Waals surface area contributed by atoms with E-state index in [1.807, 2.05) is 19.9 Å². The molecule has 0 saturated heterocycles.